The predicted molar refractivity (Wildman–Crippen MR) is 76.7 cm³/mol. The Balaban J connectivity index is 1.68. The Hall–Kier alpha value is -0.700. The number of fused-ring (bicyclic) bond motifs is 3. The molecule has 3 aliphatic carbocycles. The van der Waals surface area contributed by atoms with Crippen molar-refractivity contribution in [3.63, 3.8) is 0 Å². The van der Waals surface area contributed by atoms with E-state index in [0.717, 1.165) is 28.8 Å². The van der Waals surface area contributed by atoms with Crippen molar-refractivity contribution in [3.05, 3.63) is 15.6 Å². The summed E-state index contributed by atoms with van der Waals surface area (Å²) in [5.41, 5.74) is 1.20. The minimum atomic E-state index is 0.101. The third-order valence-electron chi connectivity index (χ3n) is 5.31. The molecule has 1 heterocycles. The maximum atomic E-state index is 12.3. The first-order valence-corrected chi connectivity index (χ1v) is 8.36. The first-order chi connectivity index (χ1) is 9.02. The van der Waals surface area contributed by atoms with Gasteiger partial charge in [-0.2, -0.15) is 0 Å². The van der Waals surface area contributed by atoms with Gasteiger partial charge in [-0.15, -0.1) is 11.3 Å². The number of aromatic nitrogens is 1. The molecule has 0 N–H and O–H groups in total. The summed E-state index contributed by atoms with van der Waals surface area (Å²) >= 11 is 1.72. The fourth-order valence-electron chi connectivity index (χ4n) is 4.44. The monoisotopic (exact) mass is 275 g/mol. The van der Waals surface area contributed by atoms with Crippen LogP contribution in [0.1, 0.15) is 72.2 Å². The molecule has 3 heteroatoms. The lowest BCUT2D eigenvalue weighted by molar-refractivity contribution is 0.0916. The molecule has 3 atom stereocenters. The second kappa shape index (κ2) is 3.91. The van der Waals surface area contributed by atoms with E-state index in [1.807, 2.05) is 0 Å². The Kier molecular flexibility index (Phi) is 2.48. The van der Waals surface area contributed by atoms with Crippen LogP contribution in [0, 0.1) is 17.3 Å². The zero-order valence-corrected chi connectivity index (χ0v) is 12.6. The molecule has 0 aromatic carbocycles. The number of Topliss-reactive ketones (excluding diaryl/α,β-unsaturated/α-hetero) is 1. The van der Waals surface area contributed by atoms with Gasteiger partial charge in [0.1, 0.15) is 0 Å². The van der Waals surface area contributed by atoms with E-state index in [-0.39, 0.29) is 5.41 Å². The van der Waals surface area contributed by atoms with Crippen molar-refractivity contribution in [2.45, 2.75) is 58.3 Å². The van der Waals surface area contributed by atoms with Gasteiger partial charge in [0.05, 0.1) is 15.6 Å². The number of hydrogen-bond acceptors (Lipinski definition) is 3. The van der Waals surface area contributed by atoms with Crippen molar-refractivity contribution in [3.8, 4) is 0 Å². The minimum Gasteiger partial charge on any atom is -0.293 e. The van der Waals surface area contributed by atoms with E-state index >= 15 is 0 Å². The molecule has 3 unspecified atom stereocenters. The van der Waals surface area contributed by atoms with Crippen molar-refractivity contribution in [1.82, 2.24) is 4.98 Å². The van der Waals surface area contributed by atoms with Crippen molar-refractivity contribution in [2.24, 2.45) is 17.3 Å². The van der Waals surface area contributed by atoms with Crippen LogP contribution in [0.2, 0.25) is 0 Å². The van der Waals surface area contributed by atoms with Crippen molar-refractivity contribution >= 4 is 17.1 Å². The van der Waals surface area contributed by atoms with Gasteiger partial charge < -0.3 is 0 Å². The molecule has 4 rings (SSSR count). The highest BCUT2D eigenvalue weighted by molar-refractivity contribution is 7.14. The lowest BCUT2D eigenvalue weighted by Crippen LogP contribution is -2.26. The molecule has 2 bridgehead atoms. The van der Waals surface area contributed by atoms with Crippen LogP contribution in [-0.4, -0.2) is 10.8 Å². The van der Waals surface area contributed by atoms with Gasteiger partial charge in [-0.25, -0.2) is 4.98 Å². The van der Waals surface area contributed by atoms with Crippen LogP contribution in [0.15, 0.2) is 0 Å². The molecule has 0 amide bonds. The van der Waals surface area contributed by atoms with Gasteiger partial charge in [0.25, 0.3) is 0 Å². The fourth-order valence-corrected chi connectivity index (χ4v) is 5.67. The Bertz CT molecular complexity index is 545. The molecule has 1 aromatic rings. The van der Waals surface area contributed by atoms with Gasteiger partial charge in [-0.1, -0.05) is 20.3 Å². The van der Waals surface area contributed by atoms with E-state index in [1.165, 1.54) is 30.7 Å². The third kappa shape index (κ3) is 1.89. The van der Waals surface area contributed by atoms with Crippen molar-refractivity contribution in [2.75, 3.05) is 0 Å². The Morgan fingerprint density at radius 1 is 1.21 bits per heavy atom. The molecular weight excluding hydrogens is 254 g/mol. The van der Waals surface area contributed by atoms with Crippen LogP contribution in [0.4, 0.5) is 0 Å². The Labute approximate surface area is 118 Å². The summed E-state index contributed by atoms with van der Waals surface area (Å²) in [5.74, 6) is 2.81. The molecule has 0 aliphatic heterocycles. The number of rotatable bonds is 1. The number of ketones is 1. The van der Waals surface area contributed by atoms with Crippen LogP contribution < -0.4 is 0 Å². The number of carbonyl (C=O) groups excluding carboxylic acids is 1. The smallest absolute Gasteiger partial charge is 0.175 e. The normalized spacial score (nSPS) is 35.7. The topological polar surface area (TPSA) is 30.0 Å². The summed E-state index contributed by atoms with van der Waals surface area (Å²) in [5, 5.41) is 1.28. The van der Waals surface area contributed by atoms with Gasteiger partial charge in [0, 0.05) is 12.3 Å². The van der Waals surface area contributed by atoms with Gasteiger partial charge >= 0.3 is 0 Å². The molecule has 2 nitrogen and oxygen atoms in total. The third-order valence-corrected chi connectivity index (χ3v) is 6.58. The maximum Gasteiger partial charge on any atom is 0.175 e. The summed E-state index contributed by atoms with van der Waals surface area (Å²) in [4.78, 5) is 18.1. The van der Waals surface area contributed by atoms with E-state index < -0.39 is 0 Å². The number of carbonyl (C=O) groups is 1. The first-order valence-electron chi connectivity index (χ1n) is 7.55. The summed E-state index contributed by atoms with van der Waals surface area (Å²) < 4.78 is 0. The summed E-state index contributed by atoms with van der Waals surface area (Å²) in [6, 6.07) is 0. The Morgan fingerprint density at radius 2 is 2.05 bits per heavy atom. The predicted octanol–water partition coefficient (Wildman–Crippen LogP) is 4.20. The van der Waals surface area contributed by atoms with E-state index in [0.29, 0.717) is 18.1 Å². The van der Waals surface area contributed by atoms with E-state index in [4.69, 9.17) is 4.98 Å². The van der Waals surface area contributed by atoms with Crippen LogP contribution in [0.3, 0.4) is 0 Å². The summed E-state index contributed by atoms with van der Waals surface area (Å²) in [6.07, 6.45) is 7.23. The minimum absolute atomic E-state index is 0.101. The van der Waals surface area contributed by atoms with Gasteiger partial charge in [-0.3, -0.25) is 4.79 Å². The molecule has 2 saturated carbocycles. The molecule has 0 spiro atoms. The number of thiazole rings is 1. The van der Waals surface area contributed by atoms with E-state index in [2.05, 4.69) is 13.8 Å². The van der Waals surface area contributed by atoms with Gasteiger partial charge in [-0.05, 0) is 42.9 Å². The average Bonchev–Trinajstić information content (AvgIpc) is 2.98. The van der Waals surface area contributed by atoms with Crippen LogP contribution in [-0.2, 0) is 6.42 Å². The van der Waals surface area contributed by atoms with E-state index in [9.17, 15) is 4.79 Å². The van der Waals surface area contributed by atoms with Gasteiger partial charge in [0.15, 0.2) is 5.78 Å². The van der Waals surface area contributed by atoms with Crippen molar-refractivity contribution < 1.29 is 4.79 Å². The quantitative estimate of drug-likeness (QED) is 0.768. The molecule has 0 saturated heterocycles. The summed E-state index contributed by atoms with van der Waals surface area (Å²) in [6.45, 7) is 4.37. The lowest BCUT2D eigenvalue weighted by Gasteiger charge is -2.26. The number of hydrogen-bond donors (Lipinski definition) is 0. The van der Waals surface area contributed by atoms with Crippen molar-refractivity contribution in [1.29, 1.82) is 0 Å². The molecule has 0 radical (unpaired) electrons. The van der Waals surface area contributed by atoms with Gasteiger partial charge in [0.2, 0.25) is 0 Å². The highest BCUT2D eigenvalue weighted by Crippen LogP contribution is 2.54. The standard InChI is InChI=1S/C16H21NOS/c1-16(2)7-12-14(13(18)8-16)19-15(17-12)11-6-9-3-4-10(11)5-9/h9-11H,3-8H2,1-2H3. The SMILES string of the molecule is CC1(C)CC(=O)c2sc(C3CC4CCC3C4)nc2C1. The second-order valence-corrected chi connectivity index (χ2v) is 8.58. The first kappa shape index (κ1) is 12.1. The molecule has 3 aliphatic rings. The molecule has 102 valence electrons. The zero-order valence-electron chi connectivity index (χ0n) is 11.7. The molecule has 2 fully saturated rings. The molecule has 1 aromatic heterocycles. The van der Waals surface area contributed by atoms with Crippen LogP contribution in [0.5, 0.6) is 0 Å². The van der Waals surface area contributed by atoms with Crippen LogP contribution in [0.25, 0.3) is 0 Å². The average molecular weight is 275 g/mol. The Morgan fingerprint density at radius 3 is 2.74 bits per heavy atom. The molecule has 19 heavy (non-hydrogen) atoms. The maximum absolute atomic E-state index is 12.3. The fraction of sp³-hybridized carbons (Fsp3) is 0.750. The zero-order chi connectivity index (χ0) is 13.2. The number of nitrogens with zero attached hydrogens (tertiary/aromatic N) is 1. The second-order valence-electron chi connectivity index (χ2n) is 7.55. The van der Waals surface area contributed by atoms with Crippen LogP contribution >= 0.6 is 11.3 Å². The highest BCUT2D eigenvalue weighted by Gasteiger charge is 2.43. The largest absolute Gasteiger partial charge is 0.293 e. The van der Waals surface area contributed by atoms with E-state index in [1.54, 1.807) is 11.3 Å². The highest BCUT2D eigenvalue weighted by atomic mass is 32.1. The lowest BCUT2D eigenvalue weighted by atomic mass is 9.78. The summed E-state index contributed by atoms with van der Waals surface area (Å²) in [7, 11) is 0. The molecular formula is C16H21NOS.